The smallest absolute Gasteiger partial charge is 0.249 e. The first-order chi connectivity index (χ1) is 18.0. The number of pyridine rings is 1. The van der Waals surface area contributed by atoms with Gasteiger partial charge in [-0.05, 0) is 54.3 Å². The van der Waals surface area contributed by atoms with Gasteiger partial charge in [-0.2, -0.15) is 0 Å². The fourth-order valence-electron chi connectivity index (χ4n) is 4.25. The SMILES string of the molecule is CC(C)CCNC(=O)[C@H](c1ccncc1)N(C(=O)Cn1nnc2ccccc21)c1ccc2c(c1)OCO2. The molecule has 0 aliphatic carbocycles. The monoisotopic (exact) mass is 500 g/mol. The van der Waals surface area contributed by atoms with Crippen molar-refractivity contribution in [2.24, 2.45) is 5.92 Å². The molecule has 0 fully saturated rings. The molecule has 0 bridgehead atoms. The Morgan fingerprint density at radius 2 is 1.84 bits per heavy atom. The van der Waals surface area contributed by atoms with Crippen molar-refractivity contribution in [2.75, 3.05) is 18.2 Å². The number of carbonyl (C=O) groups is 2. The maximum atomic E-state index is 14.0. The first kappa shape index (κ1) is 24.2. The number of carbonyl (C=O) groups excluding carboxylic acids is 2. The van der Waals surface area contributed by atoms with Gasteiger partial charge in [0.1, 0.15) is 18.1 Å². The minimum absolute atomic E-state index is 0.0984. The molecule has 1 N–H and O–H groups in total. The van der Waals surface area contributed by atoms with Crippen LogP contribution in [-0.4, -0.2) is 45.1 Å². The van der Waals surface area contributed by atoms with E-state index in [0.29, 0.717) is 40.7 Å². The molecule has 37 heavy (non-hydrogen) atoms. The zero-order valence-electron chi connectivity index (χ0n) is 20.7. The topological polar surface area (TPSA) is 111 Å². The average Bonchev–Trinajstić information content (AvgIpc) is 3.54. The van der Waals surface area contributed by atoms with E-state index in [1.807, 2.05) is 24.3 Å². The number of ether oxygens (including phenoxy) is 2. The Hall–Kier alpha value is -4.47. The molecule has 5 rings (SSSR count). The average molecular weight is 501 g/mol. The molecule has 2 aromatic carbocycles. The van der Waals surface area contributed by atoms with E-state index in [0.717, 1.165) is 11.9 Å². The summed E-state index contributed by atoms with van der Waals surface area (Å²) in [5, 5.41) is 11.4. The van der Waals surface area contributed by atoms with Crippen molar-refractivity contribution in [3.63, 3.8) is 0 Å². The number of para-hydroxylation sites is 1. The van der Waals surface area contributed by atoms with Crippen LogP contribution < -0.4 is 19.7 Å². The van der Waals surface area contributed by atoms with E-state index < -0.39 is 6.04 Å². The summed E-state index contributed by atoms with van der Waals surface area (Å²) in [6.45, 7) is 4.67. The third-order valence-electron chi connectivity index (χ3n) is 6.16. The summed E-state index contributed by atoms with van der Waals surface area (Å²) < 4.78 is 12.6. The first-order valence-corrected chi connectivity index (χ1v) is 12.2. The van der Waals surface area contributed by atoms with Crippen LogP contribution in [0.3, 0.4) is 0 Å². The molecule has 10 heteroatoms. The van der Waals surface area contributed by atoms with Crippen LogP contribution >= 0.6 is 0 Å². The molecule has 3 heterocycles. The molecule has 0 spiro atoms. The second kappa shape index (κ2) is 10.7. The molecule has 2 aromatic heterocycles. The summed E-state index contributed by atoms with van der Waals surface area (Å²) in [4.78, 5) is 33.3. The quantitative estimate of drug-likeness (QED) is 0.374. The van der Waals surface area contributed by atoms with Crippen LogP contribution in [-0.2, 0) is 16.1 Å². The van der Waals surface area contributed by atoms with Crippen molar-refractivity contribution >= 4 is 28.5 Å². The number of anilines is 1. The Labute approximate surface area is 214 Å². The molecular weight excluding hydrogens is 472 g/mol. The largest absolute Gasteiger partial charge is 0.454 e. The van der Waals surface area contributed by atoms with Gasteiger partial charge >= 0.3 is 0 Å². The van der Waals surface area contributed by atoms with E-state index in [2.05, 4.69) is 34.5 Å². The third-order valence-corrected chi connectivity index (χ3v) is 6.16. The number of hydrogen-bond donors (Lipinski definition) is 1. The highest BCUT2D eigenvalue weighted by molar-refractivity contribution is 6.01. The molecule has 2 amide bonds. The van der Waals surface area contributed by atoms with E-state index >= 15 is 0 Å². The van der Waals surface area contributed by atoms with Gasteiger partial charge in [0.05, 0.1) is 5.52 Å². The summed E-state index contributed by atoms with van der Waals surface area (Å²) in [7, 11) is 0. The Morgan fingerprint density at radius 1 is 1.05 bits per heavy atom. The van der Waals surface area contributed by atoms with Gasteiger partial charge in [0.25, 0.3) is 0 Å². The van der Waals surface area contributed by atoms with E-state index in [1.165, 1.54) is 9.58 Å². The van der Waals surface area contributed by atoms with Crippen LogP contribution in [0, 0.1) is 5.92 Å². The number of nitrogens with zero attached hydrogens (tertiary/aromatic N) is 5. The third kappa shape index (κ3) is 5.23. The Morgan fingerprint density at radius 3 is 2.65 bits per heavy atom. The van der Waals surface area contributed by atoms with Gasteiger partial charge in [-0.25, -0.2) is 4.68 Å². The molecule has 1 atom stereocenters. The Balaban J connectivity index is 1.55. The van der Waals surface area contributed by atoms with E-state index in [-0.39, 0.29) is 25.2 Å². The molecular formula is C27H28N6O4. The predicted octanol–water partition coefficient (Wildman–Crippen LogP) is 3.49. The second-order valence-electron chi connectivity index (χ2n) is 9.19. The van der Waals surface area contributed by atoms with E-state index in [1.54, 1.807) is 42.7 Å². The number of aromatic nitrogens is 4. The zero-order chi connectivity index (χ0) is 25.8. The summed E-state index contributed by atoms with van der Waals surface area (Å²) in [5.41, 5.74) is 2.54. The summed E-state index contributed by atoms with van der Waals surface area (Å²) in [6.07, 6.45) is 4.03. The van der Waals surface area contributed by atoms with Crippen LogP contribution in [0.4, 0.5) is 5.69 Å². The number of nitrogens with one attached hydrogen (secondary N) is 1. The van der Waals surface area contributed by atoms with Crippen molar-refractivity contribution in [2.45, 2.75) is 32.9 Å². The molecule has 1 aliphatic rings. The van der Waals surface area contributed by atoms with Gasteiger partial charge < -0.3 is 14.8 Å². The molecule has 0 saturated heterocycles. The molecule has 4 aromatic rings. The molecule has 190 valence electrons. The van der Waals surface area contributed by atoms with Crippen LogP contribution in [0.15, 0.2) is 67.0 Å². The number of benzene rings is 2. The zero-order valence-corrected chi connectivity index (χ0v) is 20.7. The van der Waals surface area contributed by atoms with Crippen LogP contribution in [0.5, 0.6) is 11.5 Å². The van der Waals surface area contributed by atoms with Crippen molar-refractivity contribution in [1.29, 1.82) is 0 Å². The van der Waals surface area contributed by atoms with Crippen molar-refractivity contribution in [3.05, 3.63) is 72.6 Å². The van der Waals surface area contributed by atoms with Crippen LogP contribution in [0.25, 0.3) is 11.0 Å². The predicted molar refractivity (Wildman–Crippen MR) is 137 cm³/mol. The summed E-state index contributed by atoms with van der Waals surface area (Å²) >= 11 is 0. The maximum Gasteiger partial charge on any atom is 0.249 e. The van der Waals surface area contributed by atoms with Crippen molar-refractivity contribution in [3.8, 4) is 11.5 Å². The minimum atomic E-state index is -0.946. The lowest BCUT2D eigenvalue weighted by Gasteiger charge is -2.31. The lowest BCUT2D eigenvalue weighted by molar-refractivity contribution is -0.127. The fraction of sp³-hybridized carbons (Fsp3) is 0.296. The van der Waals surface area contributed by atoms with Crippen LogP contribution in [0.1, 0.15) is 31.9 Å². The standard InChI is InChI=1S/C27H28N6O4/c1-18(2)9-14-29-27(35)26(19-10-12-28-13-11-19)33(20-7-8-23-24(15-20)37-17-36-23)25(34)16-32-22-6-4-3-5-21(22)30-31-32/h3-8,10-13,15,18,26H,9,14,16-17H2,1-2H3,(H,29,35)/t26-/m0/s1. The van der Waals surface area contributed by atoms with E-state index in [4.69, 9.17) is 9.47 Å². The van der Waals surface area contributed by atoms with Crippen molar-refractivity contribution < 1.29 is 19.1 Å². The molecule has 10 nitrogen and oxygen atoms in total. The van der Waals surface area contributed by atoms with E-state index in [9.17, 15) is 9.59 Å². The molecule has 0 radical (unpaired) electrons. The summed E-state index contributed by atoms with van der Waals surface area (Å²) in [6, 6.07) is 15.2. The highest BCUT2D eigenvalue weighted by Gasteiger charge is 2.34. The minimum Gasteiger partial charge on any atom is -0.454 e. The number of rotatable bonds is 9. The van der Waals surface area contributed by atoms with Gasteiger partial charge in [-0.15, -0.1) is 5.10 Å². The first-order valence-electron chi connectivity index (χ1n) is 12.2. The van der Waals surface area contributed by atoms with Gasteiger partial charge in [0.15, 0.2) is 11.5 Å². The van der Waals surface area contributed by atoms with Crippen LogP contribution in [0.2, 0.25) is 0 Å². The lowest BCUT2D eigenvalue weighted by Crippen LogP contribution is -2.45. The normalized spacial score (nSPS) is 13.1. The maximum absolute atomic E-state index is 14.0. The molecule has 0 saturated carbocycles. The number of amides is 2. The van der Waals surface area contributed by atoms with Gasteiger partial charge in [-0.1, -0.05) is 31.2 Å². The number of fused-ring (bicyclic) bond motifs is 2. The fourth-order valence-corrected chi connectivity index (χ4v) is 4.25. The Kier molecular flexibility index (Phi) is 6.98. The Bertz CT molecular complexity index is 1400. The number of hydrogen-bond acceptors (Lipinski definition) is 7. The highest BCUT2D eigenvalue weighted by atomic mass is 16.7. The highest BCUT2D eigenvalue weighted by Crippen LogP contribution is 2.38. The summed E-state index contributed by atoms with van der Waals surface area (Å²) in [5.74, 6) is 0.888. The van der Waals surface area contributed by atoms with Gasteiger partial charge in [-0.3, -0.25) is 19.5 Å². The van der Waals surface area contributed by atoms with Gasteiger partial charge in [0.2, 0.25) is 18.6 Å². The molecule has 1 aliphatic heterocycles. The lowest BCUT2D eigenvalue weighted by atomic mass is 10.0. The molecule has 0 unspecified atom stereocenters. The second-order valence-corrected chi connectivity index (χ2v) is 9.19. The van der Waals surface area contributed by atoms with Crippen molar-refractivity contribution in [1.82, 2.24) is 25.3 Å². The van der Waals surface area contributed by atoms with Gasteiger partial charge in [0, 0.05) is 30.7 Å².